The topological polar surface area (TPSA) is 87.5 Å². The van der Waals surface area contributed by atoms with Gasteiger partial charge in [0.15, 0.2) is 0 Å². The summed E-state index contributed by atoms with van der Waals surface area (Å²) in [6, 6.07) is 24.3. The summed E-state index contributed by atoms with van der Waals surface area (Å²) in [7, 11) is 0. The predicted molar refractivity (Wildman–Crippen MR) is 132 cm³/mol. The fourth-order valence-electron chi connectivity index (χ4n) is 4.11. The number of nitrogen functional groups attached to an aromatic ring is 1. The molecule has 6 nitrogen and oxygen atoms in total. The van der Waals surface area contributed by atoms with Crippen molar-refractivity contribution >= 4 is 23.2 Å². The van der Waals surface area contributed by atoms with Gasteiger partial charge in [-0.25, -0.2) is 0 Å². The Bertz CT molecular complexity index is 1070. The zero-order chi connectivity index (χ0) is 23.0. The lowest BCUT2D eigenvalue weighted by atomic mass is 9.96. The summed E-state index contributed by atoms with van der Waals surface area (Å²) >= 11 is 0. The number of para-hydroxylation sites is 2. The summed E-state index contributed by atoms with van der Waals surface area (Å²) < 4.78 is 0. The first-order valence-electron chi connectivity index (χ1n) is 11.4. The van der Waals surface area contributed by atoms with Crippen LogP contribution in [0.25, 0.3) is 0 Å². The number of carbonyl (C=O) groups is 2. The van der Waals surface area contributed by atoms with Gasteiger partial charge in [0, 0.05) is 24.2 Å². The second-order valence-electron chi connectivity index (χ2n) is 8.53. The molecule has 1 heterocycles. The normalized spacial score (nSPS) is 14.5. The van der Waals surface area contributed by atoms with Gasteiger partial charge < -0.3 is 16.4 Å². The monoisotopic (exact) mass is 442 g/mol. The number of rotatable bonds is 7. The average Bonchev–Trinajstić information content (AvgIpc) is 2.85. The van der Waals surface area contributed by atoms with Crippen molar-refractivity contribution in [2.75, 3.05) is 30.7 Å². The third-order valence-electron chi connectivity index (χ3n) is 6.13. The molecule has 0 bridgehead atoms. The van der Waals surface area contributed by atoms with Gasteiger partial charge in [-0.3, -0.25) is 14.5 Å². The molecule has 0 radical (unpaired) electrons. The maximum atomic E-state index is 12.6. The molecule has 6 heteroatoms. The van der Waals surface area contributed by atoms with Gasteiger partial charge >= 0.3 is 0 Å². The lowest BCUT2D eigenvalue weighted by Gasteiger charge is -2.32. The fourth-order valence-corrected chi connectivity index (χ4v) is 4.11. The van der Waals surface area contributed by atoms with Gasteiger partial charge in [-0.2, -0.15) is 0 Å². The molecule has 1 aliphatic heterocycles. The minimum absolute atomic E-state index is 0.110. The molecule has 0 atom stereocenters. The summed E-state index contributed by atoms with van der Waals surface area (Å²) in [5, 5.41) is 5.85. The van der Waals surface area contributed by atoms with Crippen molar-refractivity contribution in [1.29, 1.82) is 0 Å². The molecule has 0 aromatic heterocycles. The third kappa shape index (κ3) is 6.20. The maximum Gasteiger partial charge on any atom is 0.255 e. The van der Waals surface area contributed by atoms with Gasteiger partial charge in [0.1, 0.15) is 0 Å². The lowest BCUT2D eigenvalue weighted by molar-refractivity contribution is 0.0933. The molecule has 0 aliphatic carbocycles. The van der Waals surface area contributed by atoms with Crippen LogP contribution in [-0.4, -0.2) is 36.3 Å². The van der Waals surface area contributed by atoms with E-state index in [9.17, 15) is 9.59 Å². The molecule has 0 unspecified atom stereocenters. The number of nitrogens with one attached hydrogen (secondary N) is 2. The first-order valence-corrected chi connectivity index (χ1v) is 11.4. The largest absolute Gasteiger partial charge is 0.397 e. The Kier molecular flexibility index (Phi) is 7.37. The van der Waals surface area contributed by atoms with Crippen LogP contribution >= 0.6 is 0 Å². The Morgan fingerprint density at radius 1 is 0.818 bits per heavy atom. The summed E-state index contributed by atoms with van der Waals surface area (Å²) in [5.41, 5.74) is 9.32. The molecule has 170 valence electrons. The van der Waals surface area contributed by atoms with Crippen LogP contribution in [0.3, 0.4) is 0 Å². The summed E-state index contributed by atoms with van der Waals surface area (Å²) in [6.07, 6.45) is 2.16. The summed E-state index contributed by atoms with van der Waals surface area (Å²) in [5.74, 6) is 0.116. The molecule has 3 aromatic carbocycles. The van der Waals surface area contributed by atoms with E-state index in [1.807, 2.05) is 18.2 Å². The standard InChI is InChI=1S/C27H30N4O2/c28-24-8-4-5-9-25(24)30-27(33)23-12-10-22(11-13-23)26(32)29-18-20-14-16-31(17-15-20)19-21-6-2-1-3-7-21/h1-13,20H,14-19,28H2,(H,29,32)(H,30,33). The minimum Gasteiger partial charge on any atom is -0.397 e. The minimum atomic E-state index is -0.262. The molecule has 4 N–H and O–H groups in total. The molecular formula is C27H30N4O2. The number of anilines is 2. The molecule has 0 spiro atoms. The van der Waals surface area contributed by atoms with Gasteiger partial charge in [-0.05, 0) is 73.8 Å². The number of benzene rings is 3. The third-order valence-corrected chi connectivity index (χ3v) is 6.13. The van der Waals surface area contributed by atoms with E-state index in [1.54, 1.807) is 36.4 Å². The average molecular weight is 443 g/mol. The van der Waals surface area contributed by atoms with Gasteiger partial charge in [-0.1, -0.05) is 42.5 Å². The van der Waals surface area contributed by atoms with Crippen molar-refractivity contribution in [3.8, 4) is 0 Å². The Hall–Kier alpha value is -3.64. The van der Waals surface area contributed by atoms with E-state index < -0.39 is 0 Å². The highest BCUT2D eigenvalue weighted by molar-refractivity contribution is 6.06. The van der Waals surface area contributed by atoms with E-state index >= 15 is 0 Å². The second-order valence-corrected chi connectivity index (χ2v) is 8.53. The highest BCUT2D eigenvalue weighted by Crippen LogP contribution is 2.19. The summed E-state index contributed by atoms with van der Waals surface area (Å²) in [6.45, 7) is 3.75. The van der Waals surface area contributed by atoms with Crippen LogP contribution in [-0.2, 0) is 6.54 Å². The van der Waals surface area contributed by atoms with Crippen molar-refractivity contribution < 1.29 is 9.59 Å². The van der Waals surface area contributed by atoms with Crippen molar-refractivity contribution in [2.45, 2.75) is 19.4 Å². The van der Waals surface area contributed by atoms with Gasteiger partial charge in [0.25, 0.3) is 11.8 Å². The number of piperidine rings is 1. The van der Waals surface area contributed by atoms with Crippen molar-refractivity contribution in [1.82, 2.24) is 10.2 Å². The molecule has 3 aromatic rings. The van der Waals surface area contributed by atoms with E-state index in [1.165, 1.54) is 5.56 Å². The Morgan fingerprint density at radius 3 is 2.09 bits per heavy atom. The quantitative estimate of drug-likeness (QED) is 0.480. The molecule has 1 fully saturated rings. The first-order chi connectivity index (χ1) is 16.1. The highest BCUT2D eigenvalue weighted by atomic mass is 16.2. The molecule has 1 saturated heterocycles. The predicted octanol–water partition coefficient (Wildman–Crippen LogP) is 4.16. The molecule has 33 heavy (non-hydrogen) atoms. The van der Waals surface area contributed by atoms with E-state index in [4.69, 9.17) is 5.73 Å². The Labute approximate surface area is 194 Å². The van der Waals surface area contributed by atoms with Crippen LogP contribution < -0.4 is 16.4 Å². The number of amides is 2. The lowest BCUT2D eigenvalue weighted by Crippen LogP contribution is -2.38. The number of hydrogen-bond donors (Lipinski definition) is 3. The molecular weight excluding hydrogens is 412 g/mol. The maximum absolute atomic E-state index is 12.6. The van der Waals surface area contributed by atoms with E-state index in [2.05, 4.69) is 39.8 Å². The van der Waals surface area contributed by atoms with Gasteiger partial charge in [0.2, 0.25) is 0 Å². The SMILES string of the molecule is Nc1ccccc1NC(=O)c1ccc(C(=O)NCC2CCN(Cc3ccccc3)CC2)cc1. The second kappa shape index (κ2) is 10.8. The molecule has 0 saturated carbocycles. The van der Waals surface area contributed by atoms with Crippen LogP contribution in [0.15, 0.2) is 78.9 Å². The van der Waals surface area contributed by atoms with Gasteiger partial charge in [-0.15, -0.1) is 0 Å². The zero-order valence-electron chi connectivity index (χ0n) is 18.7. The molecule has 2 amide bonds. The van der Waals surface area contributed by atoms with E-state index in [-0.39, 0.29) is 11.8 Å². The number of carbonyl (C=O) groups excluding carboxylic acids is 2. The van der Waals surface area contributed by atoms with Crippen LogP contribution in [0.1, 0.15) is 39.1 Å². The van der Waals surface area contributed by atoms with Crippen molar-refractivity contribution in [3.63, 3.8) is 0 Å². The van der Waals surface area contributed by atoms with Crippen molar-refractivity contribution in [3.05, 3.63) is 95.6 Å². The number of hydrogen-bond acceptors (Lipinski definition) is 4. The Balaban J connectivity index is 1.22. The fraction of sp³-hybridized carbons (Fsp3) is 0.259. The van der Waals surface area contributed by atoms with Crippen LogP contribution in [0.5, 0.6) is 0 Å². The van der Waals surface area contributed by atoms with Crippen LogP contribution in [0, 0.1) is 5.92 Å². The zero-order valence-corrected chi connectivity index (χ0v) is 18.7. The van der Waals surface area contributed by atoms with Crippen LogP contribution in [0.4, 0.5) is 11.4 Å². The van der Waals surface area contributed by atoms with Crippen molar-refractivity contribution in [2.24, 2.45) is 5.92 Å². The Morgan fingerprint density at radius 2 is 1.42 bits per heavy atom. The molecule has 4 rings (SSSR count). The van der Waals surface area contributed by atoms with Gasteiger partial charge in [0.05, 0.1) is 11.4 Å². The number of likely N-dealkylation sites (tertiary alicyclic amines) is 1. The van der Waals surface area contributed by atoms with E-state index in [0.717, 1.165) is 32.5 Å². The number of nitrogens with two attached hydrogens (primary N) is 1. The molecule has 1 aliphatic rings. The summed E-state index contributed by atoms with van der Waals surface area (Å²) in [4.78, 5) is 27.5. The van der Waals surface area contributed by atoms with Crippen LogP contribution in [0.2, 0.25) is 0 Å². The number of nitrogens with zero attached hydrogens (tertiary/aromatic N) is 1. The first kappa shape index (κ1) is 22.6. The smallest absolute Gasteiger partial charge is 0.255 e. The van der Waals surface area contributed by atoms with E-state index in [0.29, 0.717) is 35.0 Å². The highest BCUT2D eigenvalue weighted by Gasteiger charge is 2.20.